The molecule has 1 atom stereocenters. The molecule has 1 aliphatic heterocycles. The third kappa shape index (κ3) is 14.4. The number of hydrogen-bond acceptors (Lipinski definition) is 15. The van der Waals surface area contributed by atoms with Crippen LogP contribution in [0.1, 0.15) is 32.1 Å². The fourth-order valence-electron chi connectivity index (χ4n) is 6.48. The summed E-state index contributed by atoms with van der Waals surface area (Å²) < 4.78 is 36.6. The van der Waals surface area contributed by atoms with Crippen LogP contribution < -0.4 is 15.8 Å². The van der Waals surface area contributed by atoms with Crippen LogP contribution in [-0.2, 0) is 43.3 Å². The summed E-state index contributed by atoms with van der Waals surface area (Å²) in [7, 11) is -3.20. The van der Waals surface area contributed by atoms with Gasteiger partial charge in [-0.25, -0.2) is 13.2 Å². The molecule has 0 saturated carbocycles. The second-order valence-electron chi connectivity index (χ2n) is 13.9. The largest absolute Gasteiger partial charge is 0.480 e. The Morgan fingerprint density at radius 3 is 1.90 bits per heavy atom. The van der Waals surface area contributed by atoms with Gasteiger partial charge in [0.1, 0.15) is 11.5 Å². The highest BCUT2D eigenvalue weighted by Gasteiger charge is 2.54. The molecule has 2 aromatic rings. The van der Waals surface area contributed by atoms with Gasteiger partial charge in [0.15, 0.2) is 14.6 Å². The number of carbonyl (C=O) groups excluding carboxylic acids is 3. The van der Waals surface area contributed by atoms with Crippen molar-refractivity contribution in [3.63, 3.8) is 0 Å². The number of carboxylic acids is 3. The summed E-state index contributed by atoms with van der Waals surface area (Å²) in [5.74, 6) is -5.03. The maximum Gasteiger partial charge on any atom is 0.407 e. The van der Waals surface area contributed by atoms with Gasteiger partial charge in [0.05, 0.1) is 50.4 Å². The van der Waals surface area contributed by atoms with Crippen LogP contribution in [-0.4, -0.2) is 185 Å². The molecule has 1 saturated heterocycles. The predicted octanol–water partition coefficient (Wildman–Crippen LogP) is -0.367. The summed E-state index contributed by atoms with van der Waals surface area (Å²) >= 11 is 0. The first-order chi connectivity index (χ1) is 28.4. The van der Waals surface area contributed by atoms with Gasteiger partial charge in [-0.3, -0.25) is 43.6 Å². The van der Waals surface area contributed by atoms with Gasteiger partial charge in [0, 0.05) is 52.0 Å². The molecule has 330 valence electrons. The Morgan fingerprint density at radius 1 is 0.833 bits per heavy atom. The van der Waals surface area contributed by atoms with E-state index >= 15 is 0 Å². The van der Waals surface area contributed by atoms with Gasteiger partial charge in [0.25, 0.3) is 0 Å². The first-order valence-electron chi connectivity index (χ1n) is 18.8. The number of hydrogen-bond donors (Lipinski definition) is 6. The van der Waals surface area contributed by atoms with Crippen molar-refractivity contribution in [3.05, 3.63) is 48.8 Å². The lowest BCUT2D eigenvalue weighted by Gasteiger charge is -2.39. The standard InChI is InChI=1S/C37H51N7O15S/c1-58-35(53)37(60(56,57)28-9-7-26(8-10-28)59-27-5-4-13-39-21-27)11-15-43(16-12-37)34(52)29(38)6-2-3-14-40-30(45)22-41(23-31(46)47)17-19-44(36(54)55)20-18-42(24-32(48)49)25-33(50)51/h4-5,7-10,13,21,29H,2-3,6,11-12,14-20,22-25,38H2,1H3,(H,40,45)(H,46,47)(H,48,49)(H,50,51)(H,54,55)/t29-/m0/s1. The van der Waals surface area contributed by atoms with Crippen molar-refractivity contribution in [3.8, 4) is 11.5 Å². The van der Waals surface area contributed by atoms with Crippen molar-refractivity contribution >= 4 is 51.6 Å². The van der Waals surface area contributed by atoms with Crippen molar-refractivity contribution in [1.82, 2.24) is 29.9 Å². The lowest BCUT2D eigenvalue weighted by atomic mass is 9.95. The first kappa shape index (κ1) is 48.5. The SMILES string of the molecule is COC(=O)C1(S(=O)(=O)c2ccc(Oc3cccnc3)cc2)CCN(C(=O)[C@@H](N)CCCCNC(=O)CN(CCN(CCN(CC(=O)O)CC(=O)O)C(=O)O)CC(=O)O)CC1. The molecule has 0 bridgehead atoms. The van der Waals surface area contributed by atoms with Crippen LogP contribution in [0.5, 0.6) is 11.5 Å². The van der Waals surface area contributed by atoms with Crippen molar-refractivity contribution < 1.29 is 71.9 Å². The summed E-state index contributed by atoms with van der Waals surface area (Å²) in [6.45, 7) is -3.22. The Balaban J connectivity index is 1.47. The molecule has 3 amide bonds. The Bertz CT molecular complexity index is 1890. The van der Waals surface area contributed by atoms with Crippen LogP contribution in [0.15, 0.2) is 53.7 Å². The highest BCUT2D eigenvalue weighted by atomic mass is 32.2. The number of benzene rings is 1. The van der Waals surface area contributed by atoms with Gasteiger partial charge in [0.2, 0.25) is 11.8 Å². The third-order valence-corrected chi connectivity index (χ3v) is 12.1. The van der Waals surface area contributed by atoms with E-state index in [0.29, 0.717) is 24.3 Å². The third-order valence-electron chi connectivity index (χ3n) is 9.63. The molecule has 60 heavy (non-hydrogen) atoms. The molecule has 3 rings (SSSR count). The molecule has 2 heterocycles. The van der Waals surface area contributed by atoms with Gasteiger partial charge in [-0.05, 0) is 68.5 Å². The molecule has 1 fully saturated rings. The van der Waals surface area contributed by atoms with Gasteiger partial charge in [-0.2, -0.15) is 0 Å². The summed E-state index contributed by atoms with van der Waals surface area (Å²) in [6.07, 6.45) is 2.20. The van der Waals surface area contributed by atoms with E-state index in [0.717, 1.165) is 16.9 Å². The number of carbonyl (C=O) groups is 7. The number of nitrogens with two attached hydrogens (primary N) is 1. The lowest BCUT2D eigenvalue weighted by molar-refractivity contribution is -0.147. The molecule has 1 aromatic carbocycles. The Morgan fingerprint density at radius 2 is 1.40 bits per heavy atom. The predicted molar refractivity (Wildman–Crippen MR) is 209 cm³/mol. The number of carboxylic acid groups (broad SMARTS) is 4. The molecular formula is C37H51N7O15S. The van der Waals surface area contributed by atoms with E-state index in [9.17, 15) is 52.2 Å². The van der Waals surface area contributed by atoms with Gasteiger partial charge < -0.3 is 50.8 Å². The van der Waals surface area contributed by atoms with Gasteiger partial charge in [-0.1, -0.05) is 0 Å². The number of aliphatic carboxylic acids is 3. The summed E-state index contributed by atoms with van der Waals surface area (Å²) in [5, 5.41) is 39.5. The average molecular weight is 866 g/mol. The number of unbranched alkanes of at least 4 members (excludes halogenated alkanes) is 1. The molecule has 0 unspecified atom stereocenters. The Kier molecular flexibility index (Phi) is 18.6. The van der Waals surface area contributed by atoms with Gasteiger partial charge in [-0.15, -0.1) is 0 Å². The smallest absolute Gasteiger partial charge is 0.407 e. The number of methoxy groups -OCH3 is 1. The number of piperidine rings is 1. The van der Waals surface area contributed by atoms with Crippen molar-refractivity contribution in [2.75, 3.05) is 79.1 Å². The average Bonchev–Trinajstić information content (AvgIpc) is 3.19. The number of amides is 3. The number of likely N-dealkylation sites (tertiary alicyclic amines) is 1. The number of sulfone groups is 1. The second-order valence-corrected chi connectivity index (χ2v) is 16.2. The molecule has 1 aromatic heterocycles. The lowest BCUT2D eigenvalue weighted by Crippen LogP contribution is -2.57. The first-order valence-corrected chi connectivity index (χ1v) is 20.3. The summed E-state index contributed by atoms with van der Waals surface area (Å²) in [6, 6.07) is 7.99. The summed E-state index contributed by atoms with van der Waals surface area (Å²) in [4.78, 5) is 92.6. The molecule has 0 spiro atoms. The van der Waals surface area contributed by atoms with Gasteiger partial charge >= 0.3 is 30.0 Å². The van der Waals surface area contributed by atoms with Crippen LogP contribution in [0.25, 0.3) is 0 Å². The molecule has 23 heteroatoms. The van der Waals surface area contributed by atoms with E-state index in [1.807, 2.05) is 0 Å². The molecule has 22 nitrogen and oxygen atoms in total. The van der Waals surface area contributed by atoms with Crippen molar-refractivity contribution in [2.24, 2.45) is 5.73 Å². The zero-order chi connectivity index (χ0) is 44.5. The van der Waals surface area contributed by atoms with Crippen LogP contribution in [0, 0.1) is 0 Å². The van der Waals surface area contributed by atoms with Crippen molar-refractivity contribution in [2.45, 2.75) is 47.8 Å². The Hall–Kier alpha value is -5.91. The number of ether oxygens (including phenoxy) is 2. The van der Waals surface area contributed by atoms with Crippen LogP contribution >= 0.6 is 0 Å². The zero-order valence-electron chi connectivity index (χ0n) is 33.0. The van der Waals surface area contributed by atoms with E-state index < -0.39 is 88.6 Å². The zero-order valence-corrected chi connectivity index (χ0v) is 33.8. The molecule has 0 aliphatic carbocycles. The number of rotatable bonds is 25. The van der Waals surface area contributed by atoms with E-state index in [2.05, 4.69) is 10.3 Å². The maximum atomic E-state index is 13.9. The van der Waals surface area contributed by atoms with E-state index in [1.54, 1.807) is 18.3 Å². The number of esters is 1. The van der Waals surface area contributed by atoms with E-state index in [1.165, 1.54) is 40.3 Å². The van der Waals surface area contributed by atoms with Crippen LogP contribution in [0.3, 0.4) is 0 Å². The quantitative estimate of drug-likeness (QED) is 0.0548. The highest BCUT2D eigenvalue weighted by molar-refractivity contribution is 7.93. The highest BCUT2D eigenvalue weighted by Crippen LogP contribution is 2.38. The number of aromatic nitrogens is 1. The minimum Gasteiger partial charge on any atom is -0.480 e. The molecule has 1 aliphatic rings. The molecule has 7 N–H and O–H groups in total. The second kappa shape index (κ2) is 23.0. The minimum absolute atomic E-state index is 0.0793. The maximum absolute atomic E-state index is 13.9. The van der Waals surface area contributed by atoms with E-state index in [4.69, 9.17) is 25.4 Å². The number of pyridine rings is 1. The number of nitrogens with one attached hydrogen (secondary N) is 1. The summed E-state index contributed by atoms with van der Waals surface area (Å²) in [5.41, 5.74) is 6.19. The normalized spacial score (nSPS) is 14.2. The molecule has 0 radical (unpaired) electrons. The minimum atomic E-state index is -4.30. The molecular weight excluding hydrogens is 815 g/mol. The fourth-order valence-corrected chi connectivity index (χ4v) is 8.44. The topological polar surface area (TPSA) is 317 Å². The monoisotopic (exact) mass is 865 g/mol. The fraction of sp³-hybridized carbons (Fsp3) is 0.514. The van der Waals surface area contributed by atoms with E-state index in [-0.39, 0.29) is 70.0 Å². The number of nitrogens with zero attached hydrogens (tertiary/aromatic N) is 5. The van der Waals surface area contributed by atoms with Crippen LogP contribution in [0.2, 0.25) is 0 Å². The van der Waals surface area contributed by atoms with Crippen LogP contribution in [0.4, 0.5) is 4.79 Å². The Labute approximate surface area is 345 Å². The van der Waals surface area contributed by atoms with Crippen molar-refractivity contribution in [1.29, 1.82) is 0 Å².